The molecule has 1 heterocycles. The van der Waals surface area contributed by atoms with Crippen LogP contribution in [0.1, 0.15) is 51.0 Å². The molecule has 0 saturated heterocycles. The molecule has 2 aliphatic rings. The number of hydrogen-bond acceptors (Lipinski definition) is 2. The van der Waals surface area contributed by atoms with Crippen molar-refractivity contribution in [3.05, 3.63) is 34.4 Å². The monoisotopic (exact) mass is 377 g/mol. The number of aliphatic hydroxyl groups is 1. The molecule has 142 valence electrons. The normalized spacial score (nSPS) is 20.5. The van der Waals surface area contributed by atoms with Crippen LogP contribution in [0.25, 0.3) is 5.76 Å². The minimum atomic E-state index is -0.0336. The molecule has 0 aromatic heterocycles. The van der Waals surface area contributed by atoms with Crippen LogP contribution >= 0.6 is 11.6 Å². The Morgan fingerprint density at radius 3 is 2.50 bits per heavy atom. The van der Waals surface area contributed by atoms with Crippen molar-refractivity contribution in [3.63, 3.8) is 0 Å². The third-order valence-electron chi connectivity index (χ3n) is 5.84. The van der Waals surface area contributed by atoms with Gasteiger partial charge in [-0.15, -0.1) is 0 Å². The van der Waals surface area contributed by atoms with Gasteiger partial charge in [-0.1, -0.05) is 43.4 Å². The van der Waals surface area contributed by atoms with Gasteiger partial charge in [0.25, 0.3) is 5.91 Å². The number of amides is 1. The minimum Gasteiger partial charge on any atom is -0.506 e. The Kier molecular flexibility index (Phi) is 5.64. The van der Waals surface area contributed by atoms with Gasteiger partial charge in [-0.2, -0.15) is 0 Å². The van der Waals surface area contributed by atoms with E-state index in [1.807, 2.05) is 24.0 Å². The highest BCUT2D eigenvalue weighted by Crippen LogP contribution is 2.41. The summed E-state index contributed by atoms with van der Waals surface area (Å²) in [5, 5.41) is 11.4. The molecule has 3 rings (SSSR count). The van der Waals surface area contributed by atoms with Crippen LogP contribution in [0.3, 0.4) is 0 Å². The molecule has 0 unspecified atom stereocenters. The molecule has 1 aromatic carbocycles. The van der Waals surface area contributed by atoms with Crippen LogP contribution in [0.2, 0.25) is 5.02 Å². The van der Waals surface area contributed by atoms with Gasteiger partial charge < -0.3 is 10.0 Å². The highest BCUT2D eigenvalue weighted by molar-refractivity contribution is 6.33. The molecule has 1 aliphatic heterocycles. The number of nitrogens with zero attached hydrogens (tertiary/aromatic N) is 2. The maximum Gasteiger partial charge on any atom is 0.259 e. The van der Waals surface area contributed by atoms with E-state index in [1.165, 1.54) is 25.7 Å². The van der Waals surface area contributed by atoms with Crippen molar-refractivity contribution in [2.24, 2.45) is 0 Å². The fourth-order valence-electron chi connectivity index (χ4n) is 4.44. The van der Waals surface area contributed by atoms with Crippen molar-refractivity contribution in [1.82, 2.24) is 9.38 Å². The number of likely N-dealkylation sites (N-methyl/N-ethyl adjacent to an activating group) is 2. The Labute approximate surface area is 161 Å². The summed E-state index contributed by atoms with van der Waals surface area (Å²) >= 11 is 6.39. The van der Waals surface area contributed by atoms with Gasteiger partial charge in [0.05, 0.1) is 24.7 Å². The second-order valence-electron chi connectivity index (χ2n) is 8.04. The van der Waals surface area contributed by atoms with Crippen molar-refractivity contribution >= 4 is 29.0 Å². The largest absolute Gasteiger partial charge is 0.506 e. The van der Waals surface area contributed by atoms with Gasteiger partial charge >= 0.3 is 0 Å². The van der Waals surface area contributed by atoms with Gasteiger partial charge in [0.2, 0.25) is 0 Å². The molecule has 1 N–H and O–H groups in total. The lowest BCUT2D eigenvalue weighted by Gasteiger charge is -2.38. The van der Waals surface area contributed by atoms with E-state index in [0.29, 0.717) is 33.7 Å². The fraction of sp³-hybridized carbons (Fsp3) is 0.571. The molecule has 1 aliphatic carbocycles. The molecular formula is C21H30ClN2O2+. The zero-order valence-electron chi connectivity index (χ0n) is 16.1. The van der Waals surface area contributed by atoms with Crippen molar-refractivity contribution < 1.29 is 9.90 Å². The number of carbonyl (C=O) groups excluding carboxylic acids is 1. The second-order valence-corrected chi connectivity index (χ2v) is 8.45. The van der Waals surface area contributed by atoms with Crippen molar-refractivity contribution in [3.8, 4) is 0 Å². The third kappa shape index (κ3) is 3.49. The average Bonchev–Trinajstić information content (AvgIpc) is 2.88. The van der Waals surface area contributed by atoms with E-state index < -0.39 is 0 Å². The first-order valence-electron chi connectivity index (χ1n) is 9.72. The van der Waals surface area contributed by atoms with Crippen LogP contribution in [-0.4, -0.2) is 49.1 Å². The molecule has 1 amide bonds. The minimum absolute atomic E-state index is 0.0336. The van der Waals surface area contributed by atoms with Crippen molar-refractivity contribution in [2.45, 2.75) is 51.5 Å². The van der Waals surface area contributed by atoms with Crippen LogP contribution in [-0.2, 0) is 4.79 Å². The molecule has 0 atom stereocenters. The van der Waals surface area contributed by atoms with Gasteiger partial charge in [-0.25, -0.2) is 0 Å². The summed E-state index contributed by atoms with van der Waals surface area (Å²) in [6.07, 6.45) is 6.98. The lowest BCUT2D eigenvalue weighted by Crippen LogP contribution is -2.50. The summed E-state index contributed by atoms with van der Waals surface area (Å²) in [6.45, 7) is 3.18. The number of halogens is 1. The van der Waals surface area contributed by atoms with E-state index in [-0.39, 0.29) is 17.7 Å². The Bertz CT molecular complexity index is 719. The number of aliphatic hydroxyl groups excluding tert-OH is 1. The maximum atomic E-state index is 13.4. The molecule has 0 radical (unpaired) electrons. The molecule has 1 fully saturated rings. The zero-order valence-corrected chi connectivity index (χ0v) is 16.9. The number of rotatable bonds is 3. The van der Waals surface area contributed by atoms with E-state index in [1.54, 1.807) is 6.07 Å². The smallest absolute Gasteiger partial charge is 0.259 e. The Morgan fingerprint density at radius 2 is 1.88 bits per heavy atom. The van der Waals surface area contributed by atoms with E-state index >= 15 is 0 Å². The highest BCUT2D eigenvalue weighted by atomic mass is 35.5. The fourth-order valence-corrected chi connectivity index (χ4v) is 4.70. The standard InChI is InChI=1S/C21H29ClN2O2/c1-4-23(15-10-7-5-6-8-11-15)21(26)16-14-24(2,3)18-13-9-12-17(22)19(18)20(16)25/h9,12-13,15H,4-8,10-11,14H2,1-3H3/p+1. The third-order valence-corrected chi connectivity index (χ3v) is 6.16. The SMILES string of the molecule is CCN(C(=O)C1=C(O)c2c(Cl)cccc2[N+](C)(C)C1)C1CCCCCC1. The van der Waals surface area contributed by atoms with Crippen LogP contribution < -0.4 is 4.48 Å². The van der Waals surface area contributed by atoms with Gasteiger partial charge in [0, 0.05) is 12.6 Å². The lowest BCUT2D eigenvalue weighted by molar-refractivity contribution is -0.129. The number of quaternary nitrogens is 1. The molecule has 1 aromatic rings. The molecule has 26 heavy (non-hydrogen) atoms. The Morgan fingerprint density at radius 1 is 1.23 bits per heavy atom. The Balaban J connectivity index is 2.00. The van der Waals surface area contributed by atoms with Crippen LogP contribution in [0.4, 0.5) is 5.69 Å². The van der Waals surface area contributed by atoms with E-state index in [2.05, 4.69) is 14.1 Å². The lowest BCUT2D eigenvalue weighted by atomic mass is 9.96. The highest BCUT2D eigenvalue weighted by Gasteiger charge is 2.39. The first-order chi connectivity index (χ1) is 12.4. The Hall–Kier alpha value is -1.52. The summed E-state index contributed by atoms with van der Waals surface area (Å²) in [5.74, 6) is 0.0220. The summed E-state index contributed by atoms with van der Waals surface area (Å²) in [7, 11) is 4.10. The number of benzene rings is 1. The first-order valence-corrected chi connectivity index (χ1v) is 10.1. The molecule has 4 nitrogen and oxygen atoms in total. The molecule has 0 spiro atoms. The van der Waals surface area contributed by atoms with Crippen LogP contribution in [0, 0.1) is 0 Å². The van der Waals surface area contributed by atoms with E-state index in [9.17, 15) is 9.90 Å². The number of carbonyl (C=O) groups is 1. The summed E-state index contributed by atoms with van der Waals surface area (Å²) in [6, 6.07) is 5.91. The molecule has 1 saturated carbocycles. The van der Waals surface area contributed by atoms with Gasteiger partial charge in [-0.05, 0) is 31.9 Å². The van der Waals surface area contributed by atoms with Crippen molar-refractivity contribution in [2.75, 3.05) is 27.2 Å². The molecule has 5 heteroatoms. The predicted octanol–water partition coefficient (Wildman–Crippen LogP) is 4.76. The van der Waals surface area contributed by atoms with Crippen LogP contribution in [0.5, 0.6) is 0 Å². The number of fused-ring (bicyclic) bond motifs is 1. The second kappa shape index (κ2) is 7.61. The molecular weight excluding hydrogens is 348 g/mol. The predicted molar refractivity (Wildman–Crippen MR) is 108 cm³/mol. The van der Waals surface area contributed by atoms with Crippen LogP contribution in [0.15, 0.2) is 23.8 Å². The first kappa shape index (κ1) is 19.2. The molecule has 0 bridgehead atoms. The zero-order chi connectivity index (χ0) is 18.9. The van der Waals surface area contributed by atoms with Gasteiger partial charge in [-0.3, -0.25) is 9.28 Å². The quantitative estimate of drug-likeness (QED) is 0.609. The van der Waals surface area contributed by atoms with E-state index in [4.69, 9.17) is 11.6 Å². The van der Waals surface area contributed by atoms with Gasteiger partial charge in [0.1, 0.15) is 23.6 Å². The van der Waals surface area contributed by atoms with Crippen molar-refractivity contribution in [1.29, 1.82) is 0 Å². The maximum absolute atomic E-state index is 13.4. The van der Waals surface area contributed by atoms with E-state index in [0.717, 1.165) is 18.5 Å². The summed E-state index contributed by atoms with van der Waals surface area (Å²) in [5.41, 5.74) is 2.04. The number of hydrogen-bond donors (Lipinski definition) is 1. The summed E-state index contributed by atoms with van der Waals surface area (Å²) < 4.78 is 0.503. The summed E-state index contributed by atoms with van der Waals surface area (Å²) in [4.78, 5) is 15.4. The average molecular weight is 378 g/mol. The van der Waals surface area contributed by atoms with Gasteiger partial charge in [0.15, 0.2) is 0 Å². The topological polar surface area (TPSA) is 40.5 Å².